The van der Waals surface area contributed by atoms with Crippen molar-refractivity contribution in [2.75, 3.05) is 13.1 Å². The minimum Gasteiger partial charge on any atom is -0.323 e. The first-order valence-electron chi connectivity index (χ1n) is 7.01. The van der Waals surface area contributed by atoms with Gasteiger partial charge in [-0.25, -0.2) is 0 Å². The number of nitrogens with two attached hydrogens (primary N) is 1. The molecule has 0 amide bonds. The lowest BCUT2D eigenvalue weighted by Gasteiger charge is -2.29. The van der Waals surface area contributed by atoms with Crippen molar-refractivity contribution in [2.24, 2.45) is 5.73 Å². The summed E-state index contributed by atoms with van der Waals surface area (Å²) in [5, 5.41) is 0. The normalized spacial score (nSPS) is 13.3. The van der Waals surface area contributed by atoms with Gasteiger partial charge in [0.15, 0.2) is 0 Å². The van der Waals surface area contributed by atoms with Crippen molar-refractivity contribution in [1.82, 2.24) is 4.90 Å². The maximum atomic E-state index is 6.36. The van der Waals surface area contributed by atoms with E-state index in [1.165, 1.54) is 23.1 Å². The molecule has 1 aromatic carbocycles. The van der Waals surface area contributed by atoms with E-state index in [9.17, 15) is 0 Å². The van der Waals surface area contributed by atoms with Crippen molar-refractivity contribution < 1.29 is 0 Å². The molecule has 102 valence electrons. The zero-order valence-electron chi connectivity index (χ0n) is 12.5. The number of aryl methyl sites for hydroxylation is 2. The monoisotopic (exact) mass is 248 g/mol. The maximum Gasteiger partial charge on any atom is 0.0424 e. The second-order valence-electron chi connectivity index (χ2n) is 5.62. The molecule has 0 saturated heterocycles. The lowest BCUT2D eigenvalue weighted by Crippen LogP contribution is -2.37. The van der Waals surface area contributed by atoms with Crippen LogP contribution in [0.5, 0.6) is 0 Å². The third kappa shape index (κ3) is 4.43. The summed E-state index contributed by atoms with van der Waals surface area (Å²) in [7, 11) is 0. The van der Waals surface area contributed by atoms with E-state index >= 15 is 0 Å². The zero-order valence-corrected chi connectivity index (χ0v) is 12.5. The summed E-state index contributed by atoms with van der Waals surface area (Å²) in [6, 6.07) is 7.28. The highest BCUT2D eigenvalue weighted by Crippen LogP contribution is 2.17. The molecular formula is C16H28N2. The lowest BCUT2D eigenvalue weighted by molar-refractivity contribution is 0.209. The average Bonchev–Trinajstić information content (AvgIpc) is 2.26. The van der Waals surface area contributed by atoms with Crippen molar-refractivity contribution in [3.63, 3.8) is 0 Å². The molecule has 2 heteroatoms. The summed E-state index contributed by atoms with van der Waals surface area (Å²) in [5.74, 6) is 0. The standard InChI is InChI=1S/C16H28N2/c1-6-7-18(12(2)3)11-16(17)15-9-13(4)8-14(5)10-15/h8-10,12,16H,6-7,11,17H2,1-5H3. The van der Waals surface area contributed by atoms with E-state index in [4.69, 9.17) is 5.73 Å². The fourth-order valence-corrected chi connectivity index (χ4v) is 2.43. The molecule has 0 aliphatic heterocycles. The third-order valence-electron chi connectivity index (χ3n) is 3.34. The fraction of sp³-hybridized carbons (Fsp3) is 0.625. The molecule has 1 atom stereocenters. The van der Waals surface area contributed by atoms with E-state index < -0.39 is 0 Å². The van der Waals surface area contributed by atoms with Gasteiger partial charge < -0.3 is 5.73 Å². The van der Waals surface area contributed by atoms with Gasteiger partial charge in [-0.1, -0.05) is 36.2 Å². The van der Waals surface area contributed by atoms with Crippen molar-refractivity contribution in [1.29, 1.82) is 0 Å². The van der Waals surface area contributed by atoms with Gasteiger partial charge in [0, 0.05) is 18.6 Å². The molecule has 0 aliphatic rings. The topological polar surface area (TPSA) is 29.3 Å². The van der Waals surface area contributed by atoms with Gasteiger partial charge in [0.2, 0.25) is 0 Å². The second-order valence-corrected chi connectivity index (χ2v) is 5.62. The molecule has 0 fully saturated rings. The van der Waals surface area contributed by atoms with Crippen LogP contribution in [0.25, 0.3) is 0 Å². The first kappa shape index (κ1) is 15.2. The SMILES string of the molecule is CCCN(CC(N)c1cc(C)cc(C)c1)C(C)C. The number of benzene rings is 1. The quantitative estimate of drug-likeness (QED) is 0.836. The highest BCUT2D eigenvalue weighted by molar-refractivity contribution is 5.30. The van der Waals surface area contributed by atoms with Crippen molar-refractivity contribution >= 4 is 0 Å². The van der Waals surface area contributed by atoms with Crippen LogP contribution in [0.15, 0.2) is 18.2 Å². The van der Waals surface area contributed by atoms with Gasteiger partial charge in [-0.3, -0.25) is 4.90 Å². The largest absolute Gasteiger partial charge is 0.323 e. The first-order chi connectivity index (χ1) is 8.43. The molecule has 1 aromatic rings. The molecule has 0 saturated carbocycles. The number of nitrogens with zero attached hydrogens (tertiary/aromatic N) is 1. The van der Waals surface area contributed by atoms with E-state index in [2.05, 4.69) is 57.7 Å². The molecule has 0 spiro atoms. The van der Waals surface area contributed by atoms with Crippen LogP contribution < -0.4 is 5.73 Å². The van der Waals surface area contributed by atoms with E-state index in [-0.39, 0.29) is 6.04 Å². The Kier molecular flexibility index (Phi) is 5.83. The molecule has 18 heavy (non-hydrogen) atoms. The molecule has 0 bridgehead atoms. The maximum absolute atomic E-state index is 6.36. The summed E-state index contributed by atoms with van der Waals surface area (Å²) in [5.41, 5.74) is 10.2. The van der Waals surface area contributed by atoms with Crippen LogP contribution in [0.1, 0.15) is 49.9 Å². The van der Waals surface area contributed by atoms with Gasteiger partial charge in [0.05, 0.1) is 0 Å². The van der Waals surface area contributed by atoms with Gasteiger partial charge in [-0.2, -0.15) is 0 Å². The van der Waals surface area contributed by atoms with E-state index in [1.807, 2.05) is 0 Å². The van der Waals surface area contributed by atoms with Crippen molar-refractivity contribution in [3.05, 3.63) is 34.9 Å². The van der Waals surface area contributed by atoms with Crippen LogP contribution in [0.2, 0.25) is 0 Å². The van der Waals surface area contributed by atoms with Gasteiger partial charge in [0.1, 0.15) is 0 Å². The summed E-state index contributed by atoms with van der Waals surface area (Å²) in [4.78, 5) is 2.46. The number of hydrogen-bond donors (Lipinski definition) is 1. The van der Waals surface area contributed by atoms with Gasteiger partial charge in [-0.05, 0) is 46.2 Å². The third-order valence-corrected chi connectivity index (χ3v) is 3.34. The minimum atomic E-state index is 0.109. The molecule has 1 rings (SSSR count). The fourth-order valence-electron chi connectivity index (χ4n) is 2.43. The Morgan fingerprint density at radius 2 is 1.67 bits per heavy atom. The first-order valence-corrected chi connectivity index (χ1v) is 7.01. The van der Waals surface area contributed by atoms with Crippen LogP contribution >= 0.6 is 0 Å². The Hall–Kier alpha value is -0.860. The Labute approximate surface area is 112 Å². The predicted molar refractivity (Wildman–Crippen MR) is 79.8 cm³/mol. The average molecular weight is 248 g/mol. The van der Waals surface area contributed by atoms with Crippen LogP contribution in [-0.4, -0.2) is 24.0 Å². The number of rotatable bonds is 6. The Morgan fingerprint density at radius 1 is 1.11 bits per heavy atom. The van der Waals surface area contributed by atoms with E-state index in [0.29, 0.717) is 6.04 Å². The minimum absolute atomic E-state index is 0.109. The summed E-state index contributed by atoms with van der Waals surface area (Å²) in [6.45, 7) is 13.0. The highest BCUT2D eigenvalue weighted by atomic mass is 15.2. The smallest absolute Gasteiger partial charge is 0.0424 e. The van der Waals surface area contributed by atoms with Crippen LogP contribution in [-0.2, 0) is 0 Å². The summed E-state index contributed by atoms with van der Waals surface area (Å²) >= 11 is 0. The van der Waals surface area contributed by atoms with Gasteiger partial charge in [-0.15, -0.1) is 0 Å². The molecule has 0 radical (unpaired) electrons. The molecule has 0 aliphatic carbocycles. The van der Waals surface area contributed by atoms with Gasteiger partial charge >= 0.3 is 0 Å². The molecule has 2 N–H and O–H groups in total. The zero-order chi connectivity index (χ0) is 13.7. The molecule has 0 aromatic heterocycles. The number of hydrogen-bond acceptors (Lipinski definition) is 2. The van der Waals surface area contributed by atoms with E-state index in [1.54, 1.807) is 0 Å². The molecule has 1 unspecified atom stereocenters. The van der Waals surface area contributed by atoms with Crippen LogP contribution in [0.3, 0.4) is 0 Å². The predicted octanol–water partition coefficient (Wildman–Crippen LogP) is 3.42. The second kappa shape index (κ2) is 6.91. The Balaban J connectivity index is 2.76. The van der Waals surface area contributed by atoms with E-state index in [0.717, 1.165) is 13.1 Å². The Morgan fingerprint density at radius 3 is 2.11 bits per heavy atom. The molecule has 2 nitrogen and oxygen atoms in total. The van der Waals surface area contributed by atoms with Crippen LogP contribution in [0.4, 0.5) is 0 Å². The molecule has 0 heterocycles. The lowest BCUT2D eigenvalue weighted by atomic mass is 10.0. The van der Waals surface area contributed by atoms with Crippen molar-refractivity contribution in [2.45, 2.75) is 53.1 Å². The summed E-state index contributed by atoms with van der Waals surface area (Å²) in [6.07, 6.45) is 1.18. The Bertz CT molecular complexity index is 351. The van der Waals surface area contributed by atoms with Crippen LogP contribution in [0, 0.1) is 13.8 Å². The van der Waals surface area contributed by atoms with Crippen molar-refractivity contribution in [3.8, 4) is 0 Å². The summed E-state index contributed by atoms with van der Waals surface area (Å²) < 4.78 is 0. The highest BCUT2D eigenvalue weighted by Gasteiger charge is 2.14. The van der Waals surface area contributed by atoms with Gasteiger partial charge in [0.25, 0.3) is 0 Å². The molecular weight excluding hydrogens is 220 g/mol.